The molecule has 0 N–H and O–H groups in total. The molecule has 0 radical (unpaired) electrons. The van der Waals surface area contributed by atoms with E-state index in [9.17, 15) is 0 Å². The van der Waals surface area contributed by atoms with Gasteiger partial charge in [0.15, 0.2) is 0 Å². The van der Waals surface area contributed by atoms with E-state index in [-0.39, 0.29) is 0 Å². The third-order valence-electron chi connectivity index (χ3n) is 1.49. The highest BCUT2D eigenvalue weighted by Gasteiger charge is 2.39. The van der Waals surface area contributed by atoms with Gasteiger partial charge in [-0.2, -0.15) is 0 Å². The first-order chi connectivity index (χ1) is 6.24. The Labute approximate surface area is 90.3 Å². The number of hydrogen-bond donors (Lipinski definition) is 0. The van der Waals surface area contributed by atoms with Crippen LogP contribution in [0.2, 0.25) is 6.04 Å². The van der Waals surface area contributed by atoms with E-state index >= 15 is 0 Å². The van der Waals surface area contributed by atoms with Crippen LogP contribution in [-0.4, -0.2) is 34.0 Å². The molecule has 5 heteroatoms. The van der Waals surface area contributed by atoms with Gasteiger partial charge in [-0.05, 0) is 20.8 Å². The summed E-state index contributed by atoms with van der Waals surface area (Å²) < 4.78 is 16.8. The maximum atomic E-state index is 5.62. The lowest BCUT2D eigenvalue weighted by molar-refractivity contribution is 0.0729. The smallest absolute Gasteiger partial charge is 0.374 e. The largest absolute Gasteiger partial charge is 0.501 e. The van der Waals surface area contributed by atoms with Crippen LogP contribution >= 0.6 is 15.9 Å². The molecule has 0 aliphatic carbocycles. The van der Waals surface area contributed by atoms with Gasteiger partial charge in [-0.1, -0.05) is 15.9 Å². The summed E-state index contributed by atoms with van der Waals surface area (Å²) in [6.07, 6.45) is 0. The van der Waals surface area contributed by atoms with Crippen LogP contribution in [0.5, 0.6) is 0 Å². The summed E-state index contributed by atoms with van der Waals surface area (Å²) in [4.78, 5) is 0. The van der Waals surface area contributed by atoms with E-state index in [1.54, 1.807) is 0 Å². The normalized spacial score (nSPS) is 12.0. The van der Waals surface area contributed by atoms with Crippen molar-refractivity contribution in [3.63, 3.8) is 0 Å². The van der Waals surface area contributed by atoms with Crippen LogP contribution in [0.1, 0.15) is 20.8 Å². The fourth-order valence-electron chi connectivity index (χ4n) is 1.12. The second-order valence-corrected chi connectivity index (χ2v) is 5.95. The van der Waals surface area contributed by atoms with Crippen LogP contribution in [0.3, 0.4) is 0 Å². The standard InChI is InChI=1S/C8H19BrO3Si/c1-4-10-13(8-7-9,11-5-2)12-6-3/h4-8H2,1-3H3. The van der Waals surface area contributed by atoms with Crippen LogP contribution in [0.15, 0.2) is 0 Å². The van der Waals surface area contributed by atoms with Crippen LogP contribution in [0.25, 0.3) is 0 Å². The molecule has 0 rings (SSSR count). The zero-order valence-electron chi connectivity index (χ0n) is 8.64. The predicted octanol–water partition coefficient (Wildman–Crippen LogP) is 2.43. The summed E-state index contributed by atoms with van der Waals surface area (Å²) in [7, 11) is -2.34. The second kappa shape index (κ2) is 7.93. The first-order valence-corrected chi connectivity index (χ1v) is 7.77. The van der Waals surface area contributed by atoms with E-state index in [1.807, 2.05) is 20.8 Å². The van der Waals surface area contributed by atoms with Crippen molar-refractivity contribution in [1.82, 2.24) is 0 Å². The molecule has 0 spiro atoms. The Morgan fingerprint density at radius 2 is 1.31 bits per heavy atom. The lowest BCUT2D eigenvalue weighted by Gasteiger charge is -2.27. The molecule has 13 heavy (non-hydrogen) atoms. The summed E-state index contributed by atoms with van der Waals surface area (Å²) >= 11 is 3.39. The van der Waals surface area contributed by atoms with Crippen molar-refractivity contribution in [2.45, 2.75) is 26.8 Å². The maximum Gasteiger partial charge on any atom is 0.501 e. The highest BCUT2D eigenvalue weighted by Crippen LogP contribution is 2.16. The molecule has 0 aromatic rings. The fourth-order valence-corrected chi connectivity index (χ4v) is 4.81. The molecule has 0 saturated heterocycles. The molecule has 0 aromatic carbocycles. The summed E-state index contributed by atoms with van der Waals surface area (Å²) in [5, 5.41) is 0.860. The van der Waals surface area contributed by atoms with Gasteiger partial charge >= 0.3 is 8.80 Å². The van der Waals surface area contributed by atoms with Gasteiger partial charge in [0.25, 0.3) is 0 Å². The SMILES string of the molecule is CCO[Si](CCBr)(OCC)OCC. The minimum absolute atomic E-state index is 0.652. The highest BCUT2D eigenvalue weighted by atomic mass is 79.9. The van der Waals surface area contributed by atoms with E-state index in [1.165, 1.54) is 0 Å². The number of halogens is 1. The lowest BCUT2D eigenvalue weighted by Crippen LogP contribution is -2.46. The van der Waals surface area contributed by atoms with Crippen molar-refractivity contribution < 1.29 is 13.3 Å². The third-order valence-corrected chi connectivity index (χ3v) is 5.67. The topological polar surface area (TPSA) is 27.7 Å². The molecule has 0 saturated carbocycles. The monoisotopic (exact) mass is 270 g/mol. The average Bonchev–Trinajstić information content (AvgIpc) is 2.06. The summed E-state index contributed by atoms with van der Waals surface area (Å²) in [5.41, 5.74) is 0. The molecule has 0 bridgehead atoms. The number of hydrogen-bond acceptors (Lipinski definition) is 3. The maximum absolute atomic E-state index is 5.62. The Kier molecular flexibility index (Phi) is 8.28. The summed E-state index contributed by atoms with van der Waals surface area (Å²) in [6.45, 7) is 7.85. The Morgan fingerprint density at radius 1 is 0.923 bits per heavy atom. The quantitative estimate of drug-likeness (QED) is 0.501. The van der Waals surface area contributed by atoms with Crippen molar-refractivity contribution in [3.05, 3.63) is 0 Å². The molecule has 0 amide bonds. The Balaban J connectivity index is 4.19. The molecule has 0 aromatic heterocycles. The van der Waals surface area contributed by atoms with Gasteiger partial charge in [0.2, 0.25) is 0 Å². The molecule has 0 aliphatic rings. The van der Waals surface area contributed by atoms with E-state index < -0.39 is 8.80 Å². The Hall–Kier alpha value is 0.577. The highest BCUT2D eigenvalue weighted by molar-refractivity contribution is 9.09. The third kappa shape index (κ3) is 5.12. The Morgan fingerprint density at radius 3 is 1.54 bits per heavy atom. The molecule has 0 atom stereocenters. The van der Waals surface area contributed by atoms with Crippen molar-refractivity contribution >= 4 is 24.7 Å². The van der Waals surface area contributed by atoms with E-state index in [2.05, 4.69) is 15.9 Å². The molecule has 0 heterocycles. The van der Waals surface area contributed by atoms with Gasteiger partial charge in [0, 0.05) is 31.2 Å². The van der Waals surface area contributed by atoms with Gasteiger partial charge in [-0.25, -0.2) is 0 Å². The molecular formula is C8H19BrO3Si. The van der Waals surface area contributed by atoms with E-state index in [0.29, 0.717) is 19.8 Å². The second-order valence-electron chi connectivity index (χ2n) is 2.42. The summed E-state index contributed by atoms with van der Waals surface area (Å²) in [6, 6.07) is 0.836. The zero-order chi connectivity index (χ0) is 10.2. The molecular weight excluding hydrogens is 252 g/mol. The zero-order valence-corrected chi connectivity index (χ0v) is 11.2. The van der Waals surface area contributed by atoms with Gasteiger partial charge in [-0.15, -0.1) is 0 Å². The molecule has 0 fully saturated rings. The number of alkyl halides is 1. The fraction of sp³-hybridized carbons (Fsp3) is 1.00. The molecule has 0 aliphatic heterocycles. The molecule has 80 valence electrons. The predicted molar refractivity (Wildman–Crippen MR) is 59.2 cm³/mol. The van der Waals surface area contributed by atoms with Gasteiger partial charge < -0.3 is 13.3 Å². The first kappa shape index (κ1) is 13.6. The molecule has 3 nitrogen and oxygen atoms in total. The van der Waals surface area contributed by atoms with Crippen LogP contribution in [0, 0.1) is 0 Å². The van der Waals surface area contributed by atoms with E-state index in [4.69, 9.17) is 13.3 Å². The van der Waals surface area contributed by atoms with Crippen LogP contribution < -0.4 is 0 Å². The van der Waals surface area contributed by atoms with Crippen molar-refractivity contribution in [2.24, 2.45) is 0 Å². The number of rotatable bonds is 8. The Bertz CT molecular complexity index is 94.4. The minimum Gasteiger partial charge on any atom is -0.374 e. The van der Waals surface area contributed by atoms with Crippen molar-refractivity contribution in [1.29, 1.82) is 0 Å². The molecule has 0 unspecified atom stereocenters. The average molecular weight is 271 g/mol. The first-order valence-electron chi connectivity index (χ1n) is 4.72. The van der Waals surface area contributed by atoms with Gasteiger partial charge in [0.05, 0.1) is 0 Å². The van der Waals surface area contributed by atoms with Gasteiger partial charge in [0.1, 0.15) is 0 Å². The van der Waals surface area contributed by atoms with Crippen molar-refractivity contribution in [2.75, 3.05) is 25.2 Å². The van der Waals surface area contributed by atoms with Crippen molar-refractivity contribution in [3.8, 4) is 0 Å². The lowest BCUT2D eigenvalue weighted by atomic mass is 10.9. The minimum atomic E-state index is -2.34. The van der Waals surface area contributed by atoms with Crippen LogP contribution in [0.4, 0.5) is 0 Å². The van der Waals surface area contributed by atoms with Gasteiger partial charge in [-0.3, -0.25) is 0 Å². The summed E-state index contributed by atoms with van der Waals surface area (Å²) in [5.74, 6) is 0. The van der Waals surface area contributed by atoms with E-state index in [0.717, 1.165) is 11.4 Å². The van der Waals surface area contributed by atoms with Crippen LogP contribution in [-0.2, 0) is 13.3 Å².